The summed E-state index contributed by atoms with van der Waals surface area (Å²) in [6, 6.07) is 4.59. The fourth-order valence-corrected chi connectivity index (χ4v) is 3.65. The van der Waals surface area contributed by atoms with E-state index >= 15 is 0 Å². The smallest absolute Gasteiger partial charge is 0.00566 e. The van der Waals surface area contributed by atoms with Crippen LogP contribution in [0, 0.1) is 20.8 Å². The van der Waals surface area contributed by atoms with Crippen molar-refractivity contribution < 1.29 is 0 Å². The van der Waals surface area contributed by atoms with E-state index in [1.807, 2.05) is 6.08 Å². The zero-order valence-electron chi connectivity index (χ0n) is 10.8. The molecular weight excluding hydrogens is 223 g/mol. The molecule has 17 heavy (non-hydrogen) atoms. The summed E-state index contributed by atoms with van der Waals surface area (Å²) in [6.07, 6.45) is 8.63. The van der Waals surface area contributed by atoms with Crippen molar-refractivity contribution in [3.8, 4) is 0 Å². The lowest BCUT2D eigenvalue weighted by atomic mass is 10.1. The second-order valence-corrected chi connectivity index (χ2v) is 6.00. The second-order valence-electron chi connectivity index (χ2n) is 4.65. The van der Waals surface area contributed by atoms with Gasteiger partial charge >= 0.3 is 0 Å². The highest BCUT2D eigenvalue weighted by Gasteiger charge is 2.04. The molecule has 0 amide bonds. The molecule has 0 bridgehead atoms. The van der Waals surface area contributed by atoms with Crippen LogP contribution in [0.15, 0.2) is 41.7 Å². The molecule has 1 aromatic carbocycles. The maximum absolute atomic E-state index is 3.27. The molecule has 1 atom stereocenters. The van der Waals surface area contributed by atoms with Crippen LogP contribution in [0.5, 0.6) is 0 Å². The first-order valence-corrected chi connectivity index (χ1v) is 7.31. The lowest BCUT2D eigenvalue weighted by Crippen LogP contribution is -2.06. The van der Waals surface area contributed by atoms with Crippen LogP contribution in [0.2, 0.25) is 0 Å². The lowest BCUT2D eigenvalue weighted by molar-refractivity contribution is 1.18. The molecule has 2 rings (SSSR count). The molecule has 0 nitrogen and oxygen atoms in total. The van der Waals surface area contributed by atoms with Gasteiger partial charge in [-0.05, 0) is 61.4 Å². The minimum absolute atomic E-state index is 0.917. The predicted octanol–water partition coefficient (Wildman–Crippen LogP) is 3.96. The summed E-state index contributed by atoms with van der Waals surface area (Å²) in [5.74, 6) is 0. The monoisotopic (exact) mass is 242 g/mol. The fraction of sp³-hybridized carbons (Fsp3) is 0.312. The van der Waals surface area contributed by atoms with Gasteiger partial charge in [0.25, 0.3) is 0 Å². The molecule has 0 N–H and O–H groups in total. The Kier molecular flexibility index (Phi) is 4.00. The fourth-order valence-electron chi connectivity index (χ4n) is 2.30. The SMILES string of the molecule is Cc1cc(C)c(PCCC2=C=CC=C2)c(C)c1. The molecule has 0 aliphatic heterocycles. The van der Waals surface area contributed by atoms with Crippen LogP contribution >= 0.6 is 8.58 Å². The number of hydrogen-bond donors (Lipinski definition) is 0. The van der Waals surface area contributed by atoms with E-state index in [1.165, 1.54) is 28.4 Å². The van der Waals surface area contributed by atoms with Gasteiger partial charge in [-0.25, -0.2) is 0 Å². The van der Waals surface area contributed by atoms with Crippen molar-refractivity contribution in [1.82, 2.24) is 0 Å². The number of aryl methyl sites for hydroxylation is 3. The molecule has 0 spiro atoms. The third-order valence-electron chi connectivity index (χ3n) is 3.04. The molecule has 1 unspecified atom stereocenters. The third-order valence-corrected chi connectivity index (χ3v) is 4.68. The number of rotatable bonds is 4. The highest BCUT2D eigenvalue weighted by atomic mass is 31.1. The Labute approximate surface area is 106 Å². The van der Waals surface area contributed by atoms with E-state index in [-0.39, 0.29) is 0 Å². The van der Waals surface area contributed by atoms with E-state index in [1.54, 1.807) is 5.30 Å². The van der Waals surface area contributed by atoms with Gasteiger partial charge in [0.05, 0.1) is 0 Å². The van der Waals surface area contributed by atoms with Gasteiger partial charge in [0.15, 0.2) is 0 Å². The summed E-state index contributed by atoms with van der Waals surface area (Å²) in [5.41, 5.74) is 8.89. The molecule has 1 heteroatoms. The standard InChI is InChI=1S/C16H19P/c1-12-10-13(2)16(14(3)11-12)17-9-8-15-6-4-5-7-15/h4-6,10-11,17H,8-9H2,1-3H3. The van der Waals surface area contributed by atoms with Crippen molar-refractivity contribution in [3.05, 3.63) is 58.4 Å². The Bertz CT molecular complexity index is 491. The zero-order valence-corrected chi connectivity index (χ0v) is 11.8. The van der Waals surface area contributed by atoms with Crippen molar-refractivity contribution in [2.24, 2.45) is 0 Å². The van der Waals surface area contributed by atoms with Crippen LogP contribution in [0.1, 0.15) is 23.1 Å². The minimum Gasteiger partial charge on any atom is -0.117 e. The highest BCUT2D eigenvalue weighted by molar-refractivity contribution is 7.47. The normalized spacial score (nSPS) is 13.9. The van der Waals surface area contributed by atoms with Crippen LogP contribution in [0.25, 0.3) is 0 Å². The van der Waals surface area contributed by atoms with Crippen LogP contribution in [0.3, 0.4) is 0 Å². The Morgan fingerprint density at radius 1 is 1.12 bits per heavy atom. The van der Waals surface area contributed by atoms with Gasteiger partial charge in [0, 0.05) is 0 Å². The van der Waals surface area contributed by atoms with Crippen molar-refractivity contribution in [2.45, 2.75) is 27.2 Å². The first-order chi connectivity index (χ1) is 8.16. The van der Waals surface area contributed by atoms with E-state index in [2.05, 4.69) is 50.8 Å². The predicted molar refractivity (Wildman–Crippen MR) is 78.8 cm³/mol. The van der Waals surface area contributed by atoms with Gasteiger partial charge in [-0.2, -0.15) is 0 Å². The highest BCUT2D eigenvalue weighted by Crippen LogP contribution is 2.21. The van der Waals surface area contributed by atoms with Crippen molar-refractivity contribution in [3.63, 3.8) is 0 Å². The maximum atomic E-state index is 3.27. The molecule has 88 valence electrons. The van der Waals surface area contributed by atoms with Gasteiger partial charge in [0.1, 0.15) is 0 Å². The molecule has 0 saturated heterocycles. The molecule has 1 aliphatic rings. The van der Waals surface area contributed by atoms with Crippen molar-refractivity contribution in [2.75, 3.05) is 6.16 Å². The molecule has 0 radical (unpaired) electrons. The van der Waals surface area contributed by atoms with Crippen LogP contribution in [0.4, 0.5) is 0 Å². The van der Waals surface area contributed by atoms with Gasteiger partial charge in [0.2, 0.25) is 0 Å². The van der Waals surface area contributed by atoms with E-state index in [9.17, 15) is 0 Å². The number of benzene rings is 1. The van der Waals surface area contributed by atoms with Gasteiger partial charge in [-0.15, -0.1) is 5.73 Å². The van der Waals surface area contributed by atoms with E-state index < -0.39 is 0 Å². The molecule has 0 fully saturated rings. The molecule has 1 aromatic rings. The zero-order chi connectivity index (χ0) is 12.3. The average molecular weight is 242 g/mol. The number of hydrogen-bond acceptors (Lipinski definition) is 0. The minimum atomic E-state index is 0.917. The lowest BCUT2D eigenvalue weighted by Gasteiger charge is -2.11. The summed E-state index contributed by atoms with van der Waals surface area (Å²) in [5, 5.41) is 1.56. The summed E-state index contributed by atoms with van der Waals surface area (Å²) >= 11 is 0. The molecule has 0 aromatic heterocycles. The summed E-state index contributed by atoms with van der Waals surface area (Å²) in [6.45, 7) is 6.64. The Hall–Kier alpha value is -1.09. The largest absolute Gasteiger partial charge is 0.117 e. The van der Waals surface area contributed by atoms with Crippen LogP contribution < -0.4 is 5.30 Å². The first kappa shape index (κ1) is 12.4. The van der Waals surface area contributed by atoms with Crippen LogP contribution in [-0.2, 0) is 0 Å². The van der Waals surface area contributed by atoms with E-state index in [0.29, 0.717) is 0 Å². The van der Waals surface area contributed by atoms with E-state index in [4.69, 9.17) is 0 Å². The van der Waals surface area contributed by atoms with Gasteiger partial charge in [-0.3, -0.25) is 0 Å². The Morgan fingerprint density at radius 2 is 1.82 bits per heavy atom. The molecule has 0 heterocycles. The Balaban J connectivity index is 1.99. The van der Waals surface area contributed by atoms with Crippen molar-refractivity contribution >= 4 is 13.9 Å². The third kappa shape index (κ3) is 3.19. The Morgan fingerprint density at radius 3 is 2.41 bits per heavy atom. The summed E-state index contributed by atoms with van der Waals surface area (Å²) < 4.78 is 0. The maximum Gasteiger partial charge on any atom is -0.00566 e. The summed E-state index contributed by atoms with van der Waals surface area (Å²) in [4.78, 5) is 0. The van der Waals surface area contributed by atoms with Gasteiger partial charge < -0.3 is 0 Å². The topological polar surface area (TPSA) is 0 Å². The van der Waals surface area contributed by atoms with Crippen molar-refractivity contribution in [1.29, 1.82) is 0 Å². The molecule has 1 aliphatic carbocycles. The first-order valence-electron chi connectivity index (χ1n) is 6.11. The van der Waals surface area contributed by atoms with Gasteiger partial charge in [-0.1, -0.05) is 38.4 Å². The quantitative estimate of drug-likeness (QED) is 0.554. The average Bonchev–Trinajstić information content (AvgIpc) is 2.74. The molecular formula is C16H19P. The second kappa shape index (κ2) is 5.50. The summed E-state index contributed by atoms with van der Waals surface area (Å²) in [7, 11) is 0.917. The molecule has 0 saturated carbocycles. The number of allylic oxidation sites excluding steroid dienone is 3. The van der Waals surface area contributed by atoms with Crippen LogP contribution in [-0.4, -0.2) is 6.16 Å². The van der Waals surface area contributed by atoms with E-state index in [0.717, 1.165) is 15.0 Å².